The Kier molecular flexibility index (Phi) is 4.74. The molecule has 0 atom stereocenters. The average Bonchev–Trinajstić information content (AvgIpc) is 2.46. The molecule has 7 heteroatoms. The minimum absolute atomic E-state index is 0.180. The van der Waals surface area contributed by atoms with Gasteiger partial charge in [0.1, 0.15) is 0 Å². The smallest absolute Gasteiger partial charge is 0.337 e. The van der Waals surface area contributed by atoms with Gasteiger partial charge >= 0.3 is 5.97 Å². The van der Waals surface area contributed by atoms with Gasteiger partial charge in [0.15, 0.2) is 9.84 Å². The van der Waals surface area contributed by atoms with Crippen LogP contribution in [-0.2, 0) is 16.3 Å². The standard InChI is InChI=1S/C14H12BrNO4S/c15-10-4-5-12(14(17)18)13(9-10)21(19,20)8-6-11-3-1-2-7-16-11/h1-5,7,9H,6,8H2,(H,17,18). The largest absolute Gasteiger partial charge is 0.478 e. The first kappa shape index (κ1) is 15.7. The van der Waals surface area contributed by atoms with Gasteiger partial charge in [-0.2, -0.15) is 0 Å². The molecule has 0 aliphatic rings. The van der Waals surface area contributed by atoms with E-state index >= 15 is 0 Å². The molecule has 0 bridgehead atoms. The topological polar surface area (TPSA) is 84.3 Å². The minimum atomic E-state index is -3.71. The zero-order valence-electron chi connectivity index (χ0n) is 10.9. The van der Waals surface area contributed by atoms with Crippen molar-refractivity contribution in [3.8, 4) is 0 Å². The molecule has 1 aromatic heterocycles. The molecule has 21 heavy (non-hydrogen) atoms. The number of rotatable bonds is 5. The monoisotopic (exact) mass is 369 g/mol. The fourth-order valence-electron chi connectivity index (χ4n) is 1.83. The summed E-state index contributed by atoms with van der Waals surface area (Å²) in [6, 6.07) is 9.35. The lowest BCUT2D eigenvalue weighted by molar-refractivity contribution is 0.0692. The van der Waals surface area contributed by atoms with Crippen LogP contribution in [0.3, 0.4) is 0 Å². The first-order chi connectivity index (χ1) is 9.90. The van der Waals surface area contributed by atoms with Gasteiger partial charge in [-0.1, -0.05) is 22.0 Å². The predicted octanol–water partition coefficient (Wildman–Crippen LogP) is 2.56. The Morgan fingerprint density at radius 2 is 2.00 bits per heavy atom. The van der Waals surface area contributed by atoms with Gasteiger partial charge < -0.3 is 5.11 Å². The number of halogens is 1. The molecule has 0 saturated carbocycles. The van der Waals surface area contributed by atoms with Crippen LogP contribution in [0.5, 0.6) is 0 Å². The number of aromatic nitrogens is 1. The summed E-state index contributed by atoms with van der Waals surface area (Å²) in [4.78, 5) is 15.0. The van der Waals surface area contributed by atoms with Crippen LogP contribution in [0.25, 0.3) is 0 Å². The Hall–Kier alpha value is -1.73. The molecular formula is C14H12BrNO4S. The third-order valence-electron chi connectivity index (χ3n) is 2.86. The van der Waals surface area contributed by atoms with Crippen LogP contribution < -0.4 is 0 Å². The maximum atomic E-state index is 12.4. The number of pyridine rings is 1. The van der Waals surface area contributed by atoms with Gasteiger partial charge in [0.05, 0.1) is 16.2 Å². The summed E-state index contributed by atoms with van der Waals surface area (Å²) in [5.74, 6) is -1.46. The highest BCUT2D eigenvalue weighted by Crippen LogP contribution is 2.23. The summed E-state index contributed by atoms with van der Waals surface area (Å²) >= 11 is 3.16. The van der Waals surface area contributed by atoms with Crippen LogP contribution in [0.1, 0.15) is 16.1 Å². The third kappa shape index (κ3) is 3.89. The summed E-state index contributed by atoms with van der Waals surface area (Å²) in [5, 5.41) is 9.11. The maximum Gasteiger partial charge on any atom is 0.337 e. The van der Waals surface area contributed by atoms with Crippen LogP contribution in [0.2, 0.25) is 0 Å². The van der Waals surface area contributed by atoms with E-state index in [4.69, 9.17) is 5.11 Å². The Morgan fingerprint density at radius 1 is 1.24 bits per heavy atom. The lowest BCUT2D eigenvalue weighted by Crippen LogP contribution is -2.14. The van der Waals surface area contributed by atoms with Crippen molar-refractivity contribution in [3.05, 3.63) is 58.3 Å². The Morgan fingerprint density at radius 3 is 2.62 bits per heavy atom. The highest BCUT2D eigenvalue weighted by molar-refractivity contribution is 9.10. The van der Waals surface area contributed by atoms with E-state index in [1.807, 2.05) is 0 Å². The van der Waals surface area contributed by atoms with Crippen molar-refractivity contribution in [1.82, 2.24) is 4.98 Å². The van der Waals surface area contributed by atoms with Gasteiger partial charge in [0.2, 0.25) is 0 Å². The molecule has 1 N–H and O–H groups in total. The number of hydrogen-bond donors (Lipinski definition) is 1. The number of carboxylic acid groups (broad SMARTS) is 1. The second-order valence-corrected chi connectivity index (χ2v) is 7.33. The van der Waals surface area contributed by atoms with Crippen LogP contribution in [0, 0.1) is 0 Å². The highest BCUT2D eigenvalue weighted by atomic mass is 79.9. The van der Waals surface area contributed by atoms with E-state index < -0.39 is 15.8 Å². The quantitative estimate of drug-likeness (QED) is 0.875. The van der Waals surface area contributed by atoms with Crippen LogP contribution >= 0.6 is 15.9 Å². The molecule has 0 fully saturated rings. The molecule has 110 valence electrons. The number of aryl methyl sites for hydroxylation is 1. The molecule has 0 unspecified atom stereocenters. The molecule has 0 radical (unpaired) electrons. The number of carboxylic acids is 1. The van der Waals surface area contributed by atoms with Crippen molar-refractivity contribution in [2.24, 2.45) is 0 Å². The summed E-state index contributed by atoms with van der Waals surface area (Å²) in [6.45, 7) is 0. The van der Waals surface area contributed by atoms with Gasteiger partial charge in [-0.3, -0.25) is 4.98 Å². The van der Waals surface area contributed by atoms with Crippen molar-refractivity contribution in [1.29, 1.82) is 0 Å². The lowest BCUT2D eigenvalue weighted by atomic mass is 10.2. The van der Waals surface area contributed by atoms with Crippen molar-refractivity contribution < 1.29 is 18.3 Å². The first-order valence-corrected chi connectivity index (χ1v) is 8.50. The highest BCUT2D eigenvalue weighted by Gasteiger charge is 2.22. The molecule has 0 aliphatic carbocycles. The SMILES string of the molecule is O=C(O)c1ccc(Br)cc1S(=O)(=O)CCc1ccccn1. The molecule has 1 heterocycles. The molecule has 0 amide bonds. The van der Waals surface area contributed by atoms with Crippen molar-refractivity contribution in [3.63, 3.8) is 0 Å². The molecule has 0 aliphatic heterocycles. The number of nitrogens with zero attached hydrogens (tertiary/aromatic N) is 1. The Labute approximate surface area is 130 Å². The molecular weight excluding hydrogens is 358 g/mol. The maximum absolute atomic E-state index is 12.4. The predicted molar refractivity (Wildman–Crippen MR) is 81.1 cm³/mol. The van der Waals surface area contributed by atoms with Crippen molar-refractivity contribution in [2.75, 3.05) is 5.75 Å². The van der Waals surface area contributed by atoms with E-state index in [-0.39, 0.29) is 22.6 Å². The van der Waals surface area contributed by atoms with Gasteiger partial charge in [-0.05, 0) is 30.3 Å². The van der Waals surface area contributed by atoms with Gasteiger partial charge in [0, 0.05) is 22.8 Å². The number of hydrogen-bond acceptors (Lipinski definition) is 4. The number of sulfone groups is 1. The van der Waals surface area contributed by atoms with Crippen LogP contribution in [0.4, 0.5) is 0 Å². The van der Waals surface area contributed by atoms with E-state index in [1.165, 1.54) is 18.2 Å². The second-order valence-electron chi connectivity index (χ2n) is 4.34. The molecule has 0 spiro atoms. The van der Waals surface area contributed by atoms with Crippen molar-refractivity contribution >= 4 is 31.7 Å². The number of carbonyl (C=O) groups is 1. The van der Waals surface area contributed by atoms with Crippen LogP contribution in [-0.4, -0.2) is 30.2 Å². The second kappa shape index (κ2) is 6.36. The molecule has 0 saturated heterocycles. The van der Waals surface area contributed by atoms with E-state index in [1.54, 1.807) is 24.4 Å². The van der Waals surface area contributed by atoms with Gasteiger partial charge in [-0.15, -0.1) is 0 Å². The fourth-order valence-corrected chi connectivity index (χ4v) is 3.83. The van der Waals surface area contributed by atoms with Gasteiger partial charge in [-0.25, -0.2) is 13.2 Å². The summed E-state index contributed by atoms with van der Waals surface area (Å²) in [5.41, 5.74) is 0.423. The average molecular weight is 370 g/mol. The summed E-state index contributed by atoms with van der Waals surface area (Å²) < 4.78 is 25.3. The summed E-state index contributed by atoms with van der Waals surface area (Å²) in [7, 11) is -3.71. The van der Waals surface area contributed by atoms with E-state index in [0.29, 0.717) is 10.2 Å². The summed E-state index contributed by atoms with van der Waals surface area (Å²) in [6.07, 6.45) is 1.82. The zero-order chi connectivity index (χ0) is 15.5. The van der Waals surface area contributed by atoms with Crippen molar-refractivity contribution in [2.45, 2.75) is 11.3 Å². The van der Waals surface area contributed by atoms with Gasteiger partial charge in [0.25, 0.3) is 0 Å². The third-order valence-corrected chi connectivity index (χ3v) is 5.10. The molecule has 1 aromatic carbocycles. The molecule has 2 rings (SSSR count). The van der Waals surface area contributed by atoms with Crippen LogP contribution in [0.15, 0.2) is 52.0 Å². The normalized spacial score (nSPS) is 11.3. The fraction of sp³-hybridized carbons (Fsp3) is 0.143. The minimum Gasteiger partial charge on any atom is -0.478 e. The molecule has 2 aromatic rings. The van der Waals surface area contributed by atoms with E-state index in [9.17, 15) is 13.2 Å². The van der Waals surface area contributed by atoms with E-state index in [0.717, 1.165) is 0 Å². The Balaban J connectivity index is 2.31. The van der Waals surface area contributed by atoms with E-state index in [2.05, 4.69) is 20.9 Å². The first-order valence-electron chi connectivity index (χ1n) is 6.05. The lowest BCUT2D eigenvalue weighted by Gasteiger charge is -2.08. The Bertz CT molecular complexity index is 760. The zero-order valence-corrected chi connectivity index (χ0v) is 13.3. The molecule has 5 nitrogen and oxygen atoms in total. The number of aromatic carboxylic acids is 1. The number of benzene rings is 1.